The van der Waals surface area contributed by atoms with Crippen molar-refractivity contribution in [2.24, 2.45) is 0 Å². The zero-order chi connectivity index (χ0) is 15.9. The van der Waals surface area contributed by atoms with Crippen molar-refractivity contribution in [2.45, 2.75) is 6.04 Å². The molecule has 0 aliphatic rings. The summed E-state index contributed by atoms with van der Waals surface area (Å²) in [6.45, 7) is 0. The Bertz CT molecular complexity index is 703. The lowest BCUT2D eigenvalue weighted by molar-refractivity contribution is 0.769. The Morgan fingerprint density at radius 3 is 1.57 bits per heavy atom. The molecule has 2 nitrogen and oxygen atoms in total. The molecule has 0 saturated heterocycles. The zero-order valence-electron chi connectivity index (χ0n) is 12.6. The number of hydrogen-bond acceptors (Lipinski definition) is 1. The zero-order valence-corrected chi connectivity index (χ0v) is 13.5. The van der Waals surface area contributed by atoms with Crippen molar-refractivity contribution < 1.29 is 0 Å². The van der Waals surface area contributed by atoms with Crippen molar-refractivity contribution in [3.63, 3.8) is 0 Å². The molecule has 0 fully saturated rings. The molecule has 0 saturated carbocycles. The molecule has 0 heterocycles. The van der Waals surface area contributed by atoms with E-state index < -0.39 is 0 Å². The van der Waals surface area contributed by atoms with Gasteiger partial charge in [-0.15, -0.1) is 0 Å². The Kier molecular flexibility index (Phi) is 5.02. The Morgan fingerprint density at radius 1 is 0.652 bits per heavy atom. The fourth-order valence-electron chi connectivity index (χ4n) is 2.47. The quantitative estimate of drug-likeness (QED) is 0.678. The smallest absolute Gasteiger partial charge is 0.171 e. The first-order chi connectivity index (χ1) is 11.3. The third kappa shape index (κ3) is 4.18. The monoisotopic (exact) mass is 318 g/mol. The van der Waals surface area contributed by atoms with Gasteiger partial charge in [-0.25, -0.2) is 0 Å². The summed E-state index contributed by atoms with van der Waals surface area (Å²) in [5, 5.41) is 7.26. The van der Waals surface area contributed by atoms with Crippen LogP contribution in [0.15, 0.2) is 91.0 Å². The van der Waals surface area contributed by atoms with E-state index in [0.29, 0.717) is 5.11 Å². The van der Waals surface area contributed by atoms with Gasteiger partial charge < -0.3 is 10.6 Å². The van der Waals surface area contributed by atoms with Crippen molar-refractivity contribution in [1.82, 2.24) is 5.32 Å². The fourth-order valence-corrected chi connectivity index (χ4v) is 2.71. The molecule has 0 aliphatic heterocycles. The molecule has 23 heavy (non-hydrogen) atoms. The van der Waals surface area contributed by atoms with Crippen LogP contribution in [0.2, 0.25) is 0 Å². The molecule has 3 heteroatoms. The van der Waals surface area contributed by atoms with E-state index >= 15 is 0 Å². The van der Waals surface area contributed by atoms with Crippen molar-refractivity contribution in [3.05, 3.63) is 102 Å². The molecule has 0 atom stereocenters. The maximum absolute atomic E-state index is 5.49. The maximum Gasteiger partial charge on any atom is 0.171 e. The molecule has 0 radical (unpaired) electrons. The van der Waals surface area contributed by atoms with Crippen molar-refractivity contribution >= 4 is 23.0 Å². The maximum atomic E-state index is 5.49. The van der Waals surface area contributed by atoms with Crippen molar-refractivity contribution in [3.8, 4) is 0 Å². The average molecular weight is 318 g/mol. The molecule has 2 N–H and O–H groups in total. The van der Waals surface area contributed by atoms with Gasteiger partial charge in [0.2, 0.25) is 0 Å². The predicted molar refractivity (Wildman–Crippen MR) is 101 cm³/mol. The molecular weight excluding hydrogens is 300 g/mol. The van der Waals surface area contributed by atoms with E-state index in [1.165, 1.54) is 11.1 Å². The Labute approximate surface area is 142 Å². The highest BCUT2D eigenvalue weighted by Gasteiger charge is 2.14. The molecule has 3 aromatic carbocycles. The van der Waals surface area contributed by atoms with E-state index in [0.717, 1.165) is 5.69 Å². The molecule has 0 spiro atoms. The van der Waals surface area contributed by atoms with E-state index in [-0.39, 0.29) is 6.04 Å². The van der Waals surface area contributed by atoms with Gasteiger partial charge in [-0.1, -0.05) is 78.9 Å². The van der Waals surface area contributed by atoms with Gasteiger partial charge in [0.15, 0.2) is 5.11 Å². The number of para-hydroxylation sites is 1. The second-order valence-corrected chi connectivity index (χ2v) is 5.63. The van der Waals surface area contributed by atoms with Crippen molar-refractivity contribution in [1.29, 1.82) is 0 Å². The van der Waals surface area contributed by atoms with Crippen LogP contribution in [0, 0.1) is 0 Å². The lowest BCUT2D eigenvalue weighted by atomic mass is 9.99. The molecule has 0 amide bonds. The van der Waals surface area contributed by atoms with Gasteiger partial charge in [-0.3, -0.25) is 0 Å². The SMILES string of the molecule is S=C(Nc1ccccc1)NC(c1ccccc1)c1ccccc1. The summed E-state index contributed by atoms with van der Waals surface area (Å²) >= 11 is 5.49. The minimum Gasteiger partial charge on any atom is -0.352 e. The fraction of sp³-hybridized carbons (Fsp3) is 0.0500. The van der Waals surface area contributed by atoms with Gasteiger partial charge in [-0.2, -0.15) is 0 Å². The number of hydrogen-bond donors (Lipinski definition) is 2. The van der Waals surface area contributed by atoms with E-state index in [9.17, 15) is 0 Å². The number of benzene rings is 3. The van der Waals surface area contributed by atoms with E-state index in [1.54, 1.807) is 0 Å². The minimum absolute atomic E-state index is 0.0149. The number of anilines is 1. The lowest BCUT2D eigenvalue weighted by Gasteiger charge is -2.22. The Morgan fingerprint density at radius 2 is 1.09 bits per heavy atom. The molecule has 3 rings (SSSR count). The Hall–Kier alpha value is -2.65. The predicted octanol–water partition coefficient (Wildman–Crippen LogP) is 4.76. The summed E-state index contributed by atoms with van der Waals surface area (Å²) in [5.74, 6) is 0. The van der Waals surface area contributed by atoms with E-state index in [1.807, 2.05) is 66.7 Å². The molecule has 0 bridgehead atoms. The first kappa shape index (κ1) is 15.3. The van der Waals surface area contributed by atoms with Crippen LogP contribution in [0.5, 0.6) is 0 Å². The number of thiocarbonyl (C=S) groups is 1. The average Bonchev–Trinajstić information content (AvgIpc) is 2.62. The Balaban J connectivity index is 1.81. The highest BCUT2D eigenvalue weighted by atomic mass is 32.1. The second-order valence-electron chi connectivity index (χ2n) is 5.22. The summed E-state index contributed by atoms with van der Waals surface area (Å²) in [5.41, 5.74) is 3.33. The van der Waals surface area contributed by atoms with Crippen LogP contribution >= 0.6 is 12.2 Å². The first-order valence-electron chi connectivity index (χ1n) is 7.55. The summed E-state index contributed by atoms with van der Waals surface area (Å²) < 4.78 is 0. The molecule has 0 aromatic heterocycles. The number of nitrogens with one attached hydrogen (secondary N) is 2. The van der Waals surface area contributed by atoms with Crippen LogP contribution in [0.3, 0.4) is 0 Å². The van der Waals surface area contributed by atoms with Gasteiger partial charge in [0, 0.05) is 5.69 Å². The molecule has 114 valence electrons. The summed E-state index contributed by atoms with van der Waals surface area (Å²) in [6.07, 6.45) is 0. The lowest BCUT2D eigenvalue weighted by Crippen LogP contribution is -2.32. The third-order valence-corrected chi connectivity index (χ3v) is 3.79. The van der Waals surface area contributed by atoms with Gasteiger partial charge in [0.25, 0.3) is 0 Å². The van der Waals surface area contributed by atoms with Crippen molar-refractivity contribution in [2.75, 3.05) is 5.32 Å². The van der Waals surface area contributed by atoms with Crippen LogP contribution in [-0.2, 0) is 0 Å². The van der Waals surface area contributed by atoms with Crippen LogP contribution in [0.4, 0.5) is 5.69 Å². The second kappa shape index (κ2) is 7.56. The number of rotatable bonds is 4. The van der Waals surface area contributed by atoms with Gasteiger partial charge in [0.05, 0.1) is 6.04 Å². The third-order valence-electron chi connectivity index (χ3n) is 3.57. The summed E-state index contributed by atoms with van der Waals surface area (Å²) in [4.78, 5) is 0. The molecular formula is C20H18N2S. The highest BCUT2D eigenvalue weighted by Crippen LogP contribution is 2.22. The van der Waals surface area contributed by atoms with E-state index in [2.05, 4.69) is 34.9 Å². The molecule has 0 unspecified atom stereocenters. The van der Waals surface area contributed by atoms with Crippen LogP contribution < -0.4 is 10.6 Å². The first-order valence-corrected chi connectivity index (χ1v) is 7.96. The minimum atomic E-state index is 0.0149. The van der Waals surface area contributed by atoms with Gasteiger partial charge in [-0.05, 0) is 35.5 Å². The normalized spacial score (nSPS) is 10.3. The van der Waals surface area contributed by atoms with E-state index in [4.69, 9.17) is 12.2 Å². The summed E-state index contributed by atoms with van der Waals surface area (Å²) in [7, 11) is 0. The molecule has 0 aliphatic carbocycles. The molecule has 3 aromatic rings. The van der Waals surface area contributed by atoms with Crippen LogP contribution in [-0.4, -0.2) is 5.11 Å². The van der Waals surface area contributed by atoms with Crippen LogP contribution in [0.25, 0.3) is 0 Å². The largest absolute Gasteiger partial charge is 0.352 e. The van der Waals surface area contributed by atoms with Gasteiger partial charge >= 0.3 is 0 Å². The topological polar surface area (TPSA) is 24.1 Å². The van der Waals surface area contributed by atoms with Gasteiger partial charge in [0.1, 0.15) is 0 Å². The standard InChI is InChI=1S/C20H18N2S/c23-20(21-18-14-8-3-9-15-18)22-19(16-10-4-1-5-11-16)17-12-6-2-7-13-17/h1-15,19H,(H2,21,22,23). The van der Waals surface area contributed by atoms with Crippen LogP contribution in [0.1, 0.15) is 17.2 Å². The summed E-state index contributed by atoms with van der Waals surface area (Å²) in [6, 6.07) is 30.6. The highest BCUT2D eigenvalue weighted by molar-refractivity contribution is 7.80.